The van der Waals surface area contributed by atoms with Crippen molar-refractivity contribution in [1.82, 2.24) is 0 Å². The first-order valence-electron chi connectivity index (χ1n) is 10.6. The van der Waals surface area contributed by atoms with Crippen molar-refractivity contribution in [2.75, 3.05) is 19.6 Å². The molecule has 0 rings (SSSR count). The molecule has 1 unspecified atom stereocenters. The summed E-state index contributed by atoms with van der Waals surface area (Å²) in [5.74, 6) is 0. The molecule has 0 saturated carbocycles. The summed E-state index contributed by atoms with van der Waals surface area (Å²) in [4.78, 5) is 0. The Labute approximate surface area is 152 Å². The van der Waals surface area contributed by atoms with Crippen LogP contribution in [0.15, 0.2) is 0 Å². The van der Waals surface area contributed by atoms with Gasteiger partial charge in [0.2, 0.25) is 0 Å². The number of rotatable bonds is 17. The molecule has 0 aromatic heterocycles. The second kappa shape index (κ2) is 25.1. The van der Waals surface area contributed by atoms with Gasteiger partial charge in [-0.3, -0.25) is 0 Å². The second-order valence-corrected chi connectivity index (χ2v) is 6.96. The topological polar surface area (TPSA) is 104 Å². The molecule has 4 nitrogen and oxygen atoms in total. The Morgan fingerprint density at radius 3 is 1.29 bits per heavy atom. The summed E-state index contributed by atoms with van der Waals surface area (Å²) in [7, 11) is 0. The maximum absolute atomic E-state index is 5.73. The molecule has 0 spiro atoms. The van der Waals surface area contributed by atoms with Crippen LogP contribution in [-0.2, 0) is 0 Å². The van der Waals surface area contributed by atoms with E-state index in [2.05, 4.69) is 6.92 Å². The van der Waals surface area contributed by atoms with Crippen LogP contribution in [0.5, 0.6) is 0 Å². The molecule has 148 valence electrons. The summed E-state index contributed by atoms with van der Waals surface area (Å²) < 4.78 is 0. The zero-order chi connectivity index (χ0) is 18.3. The smallest absolute Gasteiger partial charge is 0.0163 e. The van der Waals surface area contributed by atoms with Gasteiger partial charge in [-0.2, -0.15) is 0 Å². The van der Waals surface area contributed by atoms with Crippen LogP contribution in [0, 0.1) is 0 Å². The predicted octanol–water partition coefficient (Wildman–Crippen LogP) is 4.05. The molecule has 0 fully saturated rings. The first-order valence-corrected chi connectivity index (χ1v) is 10.6. The van der Waals surface area contributed by atoms with Crippen molar-refractivity contribution in [1.29, 1.82) is 0 Å². The number of nitrogens with two attached hydrogens (primary N) is 4. The number of hydrogen-bond acceptors (Lipinski definition) is 4. The van der Waals surface area contributed by atoms with Gasteiger partial charge < -0.3 is 22.9 Å². The molecule has 0 aromatic rings. The lowest BCUT2D eigenvalue weighted by Gasteiger charge is -2.07. The van der Waals surface area contributed by atoms with Gasteiger partial charge in [0.05, 0.1) is 0 Å². The fourth-order valence-corrected chi connectivity index (χ4v) is 2.65. The largest absolute Gasteiger partial charge is 0.330 e. The summed E-state index contributed by atoms with van der Waals surface area (Å²) in [6.45, 7) is 4.58. The number of unbranched alkanes of at least 4 members (excludes halogenated alkanes) is 12. The quantitative estimate of drug-likeness (QED) is 0.299. The van der Waals surface area contributed by atoms with E-state index < -0.39 is 0 Å². The van der Waals surface area contributed by atoms with Gasteiger partial charge in [0.15, 0.2) is 0 Å². The van der Waals surface area contributed by atoms with Gasteiger partial charge in [-0.25, -0.2) is 0 Å². The van der Waals surface area contributed by atoms with Crippen LogP contribution in [-0.4, -0.2) is 25.7 Å². The van der Waals surface area contributed by atoms with Gasteiger partial charge in [-0.1, -0.05) is 84.0 Å². The summed E-state index contributed by atoms with van der Waals surface area (Å²) in [5, 5.41) is 0. The third kappa shape index (κ3) is 26.7. The molecule has 0 aromatic carbocycles. The average Bonchev–Trinajstić information content (AvgIpc) is 2.60. The van der Waals surface area contributed by atoms with Crippen LogP contribution in [0.4, 0.5) is 0 Å². The minimum absolute atomic E-state index is 0.232. The predicted molar refractivity (Wildman–Crippen MR) is 110 cm³/mol. The van der Waals surface area contributed by atoms with Gasteiger partial charge in [0.1, 0.15) is 0 Å². The Bertz CT molecular complexity index is 192. The SMILES string of the molecule is CCCCCCCCCCC(N)CN.NCCCCCCCCN. The Balaban J connectivity index is 0. The van der Waals surface area contributed by atoms with E-state index in [0.717, 1.165) is 19.5 Å². The Hall–Kier alpha value is -0.160. The first-order chi connectivity index (χ1) is 11.7. The van der Waals surface area contributed by atoms with E-state index in [9.17, 15) is 0 Å². The van der Waals surface area contributed by atoms with E-state index in [0.29, 0.717) is 6.54 Å². The van der Waals surface area contributed by atoms with Crippen LogP contribution in [0.2, 0.25) is 0 Å². The molecule has 1 atom stereocenters. The Kier molecular flexibility index (Phi) is 27.3. The first kappa shape index (κ1) is 26.1. The standard InChI is InChI=1S/C12H28N2.C8H20N2/c1-2-3-4-5-6-7-8-9-10-12(14)11-13;9-7-5-3-1-2-4-6-8-10/h12H,2-11,13-14H2,1H3;1-10H2. The molecular formula is C20H48N4. The highest BCUT2D eigenvalue weighted by atomic mass is 14.7. The fourth-order valence-electron chi connectivity index (χ4n) is 2.65. The highest BCUT2D eigenvalue weighted by molar-refractivity contribution is 4.60. The fraction of sp³-hybridized carbons (Fsp3) is 1.00. The van der Waals surface area contributed by atoms with Crippen LogP contribution in [0.25, 0.3) is 0 Å². The van der Waals surface area contributed by atoms with Gasteiger partial charge in [0.25, 0.3) is 0 Å². The minimum Gasteiger partial charge on any atom is -0.330 e. The maximum Gasteiger partial charge on any atom is 0.0163 e. The third-order valence-corrected chi connectivity index (χ3v) is 4.39. The van der Waals surface area contributed by atoms with E-state index in [1.54, 1.807) is 0 Å². The van der Waals surface area contributed by atoms with Gasteiger partial charge in [-0.15, -0.1) is 0 Å². The van der Waals surface area contributed by atoms with Crippen LogP contribution in [0.3, 0.4) is 0 Å². The monoisotopic (exact) mass is 344 g/mol. The summed E-state index contributed by atoms with van der Waals surface area (Å²) >= 11 is 0. The summed E-state index contributed by atoms with van der Waals surface area (Å²) in [6, 6.07) is 0.232. The molecule has 0 bridgehead atoms. The van der Waals surface area contributed by atoms with Crippen molar-refractivity contribution in [2.45, 2.75) is 109 Å². The highest BCUT2D eigenvalue weighted by Crippen LogP contribution is 2.09. The number of hydrogen-bond donors (Lipinski definition) is 4. The molecular weight excluding hydrogens is 296 g/mol. The maximum atomic E-state index is 5.73. The van der Waals surface area contributed by atoms with Crippen molar-refractivity contribution in [3.63, 3.8) is 0 Å². The third-order valence-electron chi connectivity index (χ3n) is 4.39. The van der Waals surface area contributed by atoms with Crippen LogP contribution >= 0.6 is 0 Å². The zero-order valence-corrected chi connectivity index (χ0v) is 16.6. The van der Waals surface area contributed by atoms with Crippen molar-refractivity contribution in [2.24, 2.45) is 22.9 Å². The molecule has 0 saturated heterocycles. The van der Waals surface area contributed by atoms with E-state index in [-0.39, 0.29) is 6.04 Å². The molecule has 0 radical (unpaired) electrons. The van der Waals surface area contributed by atoms with Gasteiger partial charge in [-0.05, 0) is 32.4 Å². The molecule has 8 N–H and O–H groups in total. The Morgan fingerprint density at radius 2 is 0.917 bits per heavy atom. The lowest BCUT2D eigenvalue weighted by molar-refractivity contribution is 0.530. The van der Waals surface area contributed by atoms with E-state index >= 15 is 0 Å². The van der Waals surface area contributed by atoms with E-state index in [1.807, 2.05) is 0 Å². The summed E-state index contributed by atoms with van der Waals surface area (Å²) in [6.07, 6.45) is 19.6. The van der Waals surface area contributed by atoms with Crippen molar-refractivity contribution >= 4 is 0 Å². The molecule has 4 heteroatoms. The molecule has 0 aliphatic heterocycles. The summed E-state index contributed by atoms with van der Waals surface area (Å²) in [5.41, 5.74) is 21.9. The second-order valence-electron chi connectivity index (χ2n) is 6.96. The van der Waals surface area contributed by atoms with Crippen molar-refractivity contribution in [3.05, 3.63) is 0 Å². The van der Waals surface area contributed by atoms with Crippen LogP contribution < -0.4 is 22.9 Å². The Morgan fingerprint density at radius 1 is 0.542 bits per heavy atom. The van der Waals surface area contributed by atoms with Gasteiger partial charge >= 0.3 is 0 Å². The van der Waals surface area contributed by atoms with Crippen LogP contribution in [0.1, 0.15) is 103 Å². The normalized spacial score (nSPS) is 11.9. The zero-order valence-electron chi connectivity index (χ0n) is 16.6. The van der Waals surface area contributed by atoms with Crippen molar-refractivity contribution < 1.29 is 0 Å². The molecule has 0 aliphatic carbocycles. The van der Waals surface area contributed by atoms with Gasteiger partial charge in [0, 0.05) is 12.6 Å². The molecule has 0 heterocycles. The van der Waals surface area contributed by atoms with Crippen molar-refractivity contribution in [3.8, 4) is 0 Å². The molecule has 0 aliphatic rings. The lowest BCUT2D eigenvalue weighted by Crippen LogP contribution is -2.29. The lowest BCUT2D eigenvalue weighted by atomic mass is 10.1. The highest BCUT2D eigenvalue weighted by Gasteiger charge is 1.98. The minimum atomic E-state index is 0.232. The van der Waals surface area contributed by atoms with E-state index in [1.165, 1.54) is 89.9 Å². The average molecular weight is 345 g/mol. The molecule has 24 heavy (non-hydrogen) atoms. The van der Waals surface area contributed by atoms with E-state index in [4.69, 9.17) is 22.9 Å². The molecule has 0 amide bonds.